The van der Waals surface area contributed by atoms with Crippen LogP contribution in [0.4, 0.5) is 16.6 Å². The third kappa shape index (κ3) is 3.55. The van der Waals surface area contributed by atoms with Crippen molar-refractivity contribution in [2.45, 2.75) is 20.8 Å². The van der Waals surface area contributed by atoms with Gasteiger partial charge in [-0.15, -0.1) is 0 Å². The van der Waals surface area contributed by atoms with Gasteiger partial charge in [-0.25, -0.2) is 4.98 Å². The van der Waals surface area contributed by atoms with Gasteiger partial charge in [0.05, 0.1) is 19.0 Å². The molecular weight excluding hydrogens is 350 g/mol. The molecule has 1 aromatic carbocycles. The van der Waals surface area contributed by atoms with E-state index in [1.165, 1.54) is 11.3 Å². The Kier molecular flexibility index (Phi) is 4.94. The van der Waals surface area contributed by atoms with Crippen LogP contribution < -0.4 is 15.4 Å². The van der Waals surface area contributed by atoms with Gasteiger partial charge in [0, 0.05) is 24.4 Å². The van der Waals surface area contributed by atoms with E-state index in [-0.39, 0.29) is 5.91 Å². The predicted octanol–water partition coefficient (Wildman–Crippen LogP) is 3.81. The first-order valence-corrected chi connectivity index (χ1v) is 8.89. The molecular formula is C18H21N5O2S. The Hall–Kier alpha value is -2.87. The molecule has 3 rings (SSSR count). The van der Waals surface area contributed by atoms with E-state index in [0.29, 0.717) is 10.0 Å². The quantitative estimate of drug-likeness (QED) is 0.713. The summed E-state index contributed by atoms with van der Waals surface area (Å²) in [4.78, 5) is 17.4. The number of aromatic nitrogens is 3. The molecule has 0 radical (unpaired) electrons. The van der Waals surface area contributed by atoms with Crippen LogP contribution in [-0.4, -0.2) is 27.8 Å². The Bertz CT molecular complexity index is 961. The molecule has 2 N–H and O–H groups in total. The van der Waals surface area contributed by atoms with Gasteiger partial charge in [0.25, 0.3) is 5.91 Å². The number of anilines is 3. The number of carbonyl (C=O) groups excluding carboxylic acids is 1. The molecule has 0 bridgehead atoms. The van der Waals surface area contributed by atoms with E-state index in [9.17, 15) is 4.79 Å². The van der Waals surface area contributed by atoms with E-state index in [0.717, 1.165) is 33.9 Å². The highest BCUT2D eigenvalue weighted by atomic mass is 32.1. The molecule has 0 unspecified atom stereocenters. The van der Waals surface area contributed by atoms with Gasteiger partial charge >= 0.3 is 0 Å². The minimum atomic E-state index is -0.201. The molecule has 0 aliphatic carbocycles. The van der Waals surface area contributed by atoms with Gasteiger partial charge in [-0.3, -0.25) is 9.48 Å². The van der Waals surface area contributed by atoms with Crippen molar-refractivity contribution in [2.75, 3.05) is 17.7 Å². The number of ether oxygens (including phenoxy) is 1. The molecule has 0 saturated carbocycles. The maximum Gasteiger partial charge on any atom is 0.267 e. The summed E-state index contributed by atoms with van der Waals surface area (Å²) in [7, 11) is 3.47. The Morgan fingerprint density at radius 1 is 1.23 bits per heavy atom. The van der Waals surface area contributed by atoms with Gasteiger partial charge in [0.2, 0.25) is 0 Å². The van der Waals surface area contributed by atoms with Crippen LogP contribution in [0.3, 0.4) is 0 Å². The number of rotatable bonds is 5. The molecule has 2 aromatic heterocycles. The minimum Gasteiger partial charge on any atom is -0.496 e. The van der Waals surface area contributed by atoms with Gasteiger partial charge in [0.1, 0.15) is 10.6 Å². The molecule has 0 spiro atoms. The summed E-state index contributed by atoms with van der Waals surface area (Å²) in [5.74, 6) is 1.27. The molecule has 0 saturated heterocycles. The van der Waals surface area contributed by atoms with Crippen LogP contribution in [0.2, 0.25) is 0 Å². The minimum absolute atomic E-state index is 0.201. The van der Waals surface area contributed by atoms with Gasteiger partial charge in [0.15, 0.2) is 10.9 Å². The van der Waals surface area contributed by atoms with E-state index < -0.39 is 0 Å². The first kappa shape index (κ1) is 17.9. The highest BCUT2D eigenvalue weighted by molar-refractivity contribution is 7.17. The summed E-state index contributed by atoms with van der Waals surface area (Å²) in [5.41, 5.74) is 3.64. The van der Waals surface area contributed by atoms with E-state index in [1.807, 2.05) is 46.1 Å². The van der Waals surface area contributed by atoms with Crippen molar-refractivity contribution in [2.24, 2.45) is 7.05 Å². The molecule has 7 nitrogen and oxygen atoms in total. The molecule has 2 heterocycles. The van der Waals surface area contributed by atoms with Crippen molar-refractivity contribution in [3.05, 3.63) is 46.1 Å². The lowest BCUT2D eigenvalue weighted by molar-refractivity contribution is 0.103. The number of amides is 1. The fourth-order valence-electron chi connectivity index (χ4n) is 2.69. The van der Waals surface area contributed by atoms with E-state index in [4.69, 9.17) is 4.74 Å². The fourth-order valence-corrected chi connectivity index (χ4v) is 3.40. The molecule has 1 amide bonds. The second-order valence-corrected chi connectivity index (χ2v) is 7.06. The van der Waals surface area contributed by atoms with E-state index in [1.54, 1.807) is 18.0 Å². The highest BCUT2D eigenvalue weighted by Gasteiger charge is 2.16. The molecule has 136 valence electrons. The smallest absolute Gasteiger partial charge is 0.267 e. The van der Waals surface area contributed by atoms with Crippen LogP contribution in [0.25, 0.3) is 0 Å². The normalized spacial score (nSPS) is 10.7. The van der Waals surface area contributed by atoms with Crippen molar-refractivity contribution >= 4 is 33.9 Å². The standard InChI is InChI=1S/C18H21N5O2S/c1-10-6-7-13(25-5)12(3)15(10)20-17(24)14-8-19-18(26-14)21-16-11(2)9-23(4)22-16/h6-9H,1-5H3,(H,20,24)(H,19,21,22). The summed E-state index contributed by atoms with van der Waals surface area (Å²) in [6.45, 7) is 5.83. The van der Waals surface area contributed by atoms with Crippen LogP contribution in [-0.2, 0) is 7.05 Å². The number of benzene rings is 1. The maximum atomic E-state index is 12.6. The molecule has 0 fully saturated rings. The molecule has 26 heavy (non-hydrogen) atoms. The van der Waals surface area contributed by atoms with Gasteiger partial charge in [-0.05, 0) is 32.4 Å². The first-order chi connectivity index (χ1) is 12.4. The second-order valence-electron chi connectivity index (χ2n) is 6.03. The van der Waals surface area contributed by atoms with E-state index in [2.05, 4.69) is 20.7 Å². The Morgan fingerprint density at radius 2 is 2.00 bits per heavy atom. The summed E-state index contributed by atoms with van der Waals surface area (Å²) in [6, 6.07) is 3.81. The monoisotopic (exact) mass is 371 g/mol. The molecule has 8 heteroatoms. The summed E-state index contributed by atoms with van der Waals surface area (Å²) in [6.07, 6.45) is 3.48. The van der Waals surface area contributed by atoms with Crippen LogP contribution in [0.5, 0.6) is 5.75 Å². The maximum absolute atomic E-state index is 12.6. The number of nitrogens with zero attached hydrogens (tertiary/aromatic N) is 3. The summed E-state index contributed by atoms with van der Waals surface area (Å²) in [5, 5.41) is 11.1. The number of aryl methyl sites for hydroxylation is 3. The number of hydrogen-bond acceptors (Lipinski definition) is 6. The largest absolute Gasteiger partial charge is 0.496 e. The summed E-state index contributed by atoms with van der Waals surface area (Å²) < 4.78 is 7.06. The average molecular weight is 371 g/mol. The summed E-state index contributed by atoms with van der Waals surface area (Å²) >= 11 is 1.28. The predicted molar refractivity (Wildman–Crippen MR) is 104 cm³/mol. The highest BCUT2D eigenvalue weighted by Crippen LogP contribution is 2.30. The van der Waals surface area contributed by atoms with Crippen LogP contribution in [0.15, 0.2) is 24.5 Å². The van der Waals surface area contributed by atoms with Crippen LogP contribution >= 0.6 is 11.3 Å². The van der Waals surface area contributed by atoms with Crippen molar-refractivity contribution < 1.29 is 9.53 Å². The van der Waals surface area contributed by atoms with Crippen molar-refractivity contribution in [1.29, 1.82) is 0 Å². The number of carbonyl (C=O) groups is 1. The van der Waals surface area contributed by atoms with Gasteiger partial charge < -0.3 is 15.4 Å². The second kappa shape index (κ2) is 7.17. The number of methoxy groups -OCH3 is 1. The van der Waals surface area contributed by atoms with Crippen LogP contribution in [0.1, 0.15) is 26.4 Å². The van der Waals surface area contributed by atoms with Crippen LogP contribution in [0, 0.1) is 20.8 Å². The Labute approximate surface area is 156 Å². The zero-order valence-corrected chi connectivity index (χ0v) is 16.2. The van der Waals surface area contributed by atoms with Gasteiger partial charge in [-0.1, -0.05) is 17.4 Å². The zero-order valence-electron chi connectivity index (χ0n) is 15.4. The SMILES string of the molecule is COc1ccc(C)c(NC(=O)c2cnc(Nc3nn(C)cc3C)s2)c1C. The van der Waals surface area contributed by atoms with Gasteiger partial charge in [-0.2, -0.15) is 5.10 Å². The Balaban J connectivity index is 1.78. The molecule has 0 atom stereocenters. The molecule has 0 aliphatic heterocycles. The lowest BCUT2D eigenvalue weighted by Gasteiger charge is -2.14. The van der Waals surface area contributed by atoms with E-state index >= 15 is 0 Å². The number of nitrogens with one attached hydrogen (secondary N) is 2. The third-order valence-corrected chi connectivity index (χ3v) is 4.96. The number of hydrogen-bond donors (Lipinski definition) is 2. The Morgan fingerprint density at radius 3 is 2.65 bits per heavy atom. The lowest BCUT2D eigenvalue weighted by Crippen LogP contribution is -2.12. The average Bonchev–Trinajstić information content (AvgIpc) is 3.18. The van der Waals surface area contributed by atoms with Crippen molar-refractivity contribution in [3.8, 4) is 5.75 Å². The first-order valence-electron chi connectivity index (χ1n) is 8.07. The number of thiazole rings is 1. The van der Waals surface area contributed by atoms with Crippen molar-refractivity contribution in [1.82, 2.24) is 14.8 Å². The lowest BCUT2D eigenvalue weighted by atomic mass is 10.1. The fraction of sp³-hybridized carbons (Fsp3) is 0.278. The molecule has 0 aliphatic rings. The third-order valence-electron chi connectivity index (χ3n) is 4.05. The molecule has 3 aromatic rings. The van der Waals surface area contributed by atoms with Crippen molar-refractivity contribution in [3.63, 3.8) is 0 Å². The topological polar surface area (TPSA) is 81.1 Å². The zero-order chi connectivity index (χ0) is 18.8.